The number of rotatable bonds is 2. The van der Waals surface area contributed by atoms with Crippen molar-refractivity contribution in [2.75, 3.05) is 0 Å². The molecule has 6 rings (SSSR count). The van der Waals surface area contributed by atoms with E-state index >= 15 is 0 Å². The van der Waals surface area contributed by atoms with Crippen molar-refractivity contribution < 1.29 is 59.5 Å². The summed E-state index contributed by atoms with van der Waals surface area (Å²) < 4.78 is 30.0. The van der Waals surface area contributed by atoms with Gasteiger partial charge in [-0.1, -0.05) is 120 Å². The van der Waals surface area contributed by atoms with Crippen molar-refractivity contribution in [2.45, 2.75) is 13.8 Å². The Morgan fingerprint density at radius 1 is 0.365 bits per heavy atom. The summed E-state index contributed by atoms with van der Waals surface area (Å²) in [5, 5.41) is 0. The van der Waals surface area contributed by atoms with E-state index in [9.17, 15) is 0 Å². The van der Waals surface area contributed by atoms with Crippen LogP contribution >= 0.6 is 0 Å². The first-order chi connectivity index (χ1) is 24.7. The van der Waals surface area contributed by atoms with Crippen molar-refractivity contribution >= 4 is 11.1 Å². The zero-order valence-electron chi connectivity index (χ0n) is 28.6. The zero-order valence-corrected chi connectivity index (χ0v) is 34.0. The molecule has 0 atom stereocenters. The van der Waals surface area contributed by atoms with Crippen LogP contribution in [0.4, 0.5) is 0 Å². The van der Waals surface area contributed by atoms with Crippen LogP contribution in [0.25, 0.3) is 11.1 Å². The Bertz CT molecular complexity index is 1550. The molecule has 2 saturated carbocycles. The first kappa shape index (κ1) is 52.4. The molecule has 2 aliphatic rings. The maximum atomic E-state index is 7.50. The second kappa shape index (κ2) is 36.8. The van der Waals surface area contributed by atoms with E-state index in [4.69, 9.17) is 18.6 Å². The molecule has 256 valence electrons. The normalized spacial score (nSPS) is 11.4. The van der Waals surface area contributed by atoms with E-state index in [1.165, 1.54) is 11.1 Å². The van der Waals surface area contributed by atoms with E-state index < -0.39 is 0 Å². The average Bonchev–Trinajstić information content (AvgIpc) is 4.00. The van der Waals surface area contributed by atoms with Gasteiger partial charge in [0.25, 0.3) is 0 Å². The Balaban J connectivity index is -0.00000100. The van der Waals surface area contributed by atoms with Crippen molar-refractivity contribution in [1.29, 1.82) is 0 Å². The Hall–Kier alpha value is -3.98. The third-order valence-electron chi connectivity index (χ3n) is 6.25. The summed E-state index contributed by atoms with van der Waals surface area (Å²) in [6.45, 7) is 22.2. The summed E-state index contributed by atoms with van der Waals surface area (Å²) in [5.41, 5.74) is 8.40. The monoisotopic (exact) mass is 1020 g/mol. The smallest absolute Gasteiger partial charge is 0 e. The first-order valence-corrected chi connectivity index (χ1v) is 14.9. The van der Waals surface area contributed by atoms with Gasteiger partial charge in [0.05, 0.1) is 0 Å². The molecule has 0 heterocycles. The number of hydrogen-bond donors (Lipinski definition) is 0. The molecule has 0 aromatic heterocycles. The molecule has 0 aliphatic heterocycles. The molecule has 2 aliphatic carbocycles. The third kappa shape index (κ3) is 22.8. The van der Waals surface area contributed by atoms with Crippen LogP contribution in [0.15, 0.2) is 109 Å². The molecule has 6 heteroatoms. The summed E-state index contributed by atoms with van der Waals surface area (Å²) in [6, 6.07) is 37.2. The van der Waals surface area contributed by atoms with Gasteiger partial charge in [0.1, 0.15) is 0 Å². The third-order valence-corrected chi connectivity index (χ3v) is 6.25. The van der Waals surface area contributed by atoms with Crippen molar-refractivity contribution in [3.8, 4) is 23.7 Å². The van der Waals surface area contributed by atoms with Gasteiger partial charge in [0, 0.05) is 63.1 Å². The van der Waals surface area contributed by atoms with Gasteiger partial charge in [0.15, 0.2) is 0 Å². The molecular formula is C46H34O4Re2. The second-order valence-corrected chi connectivity index (χ2v) is 9.64. The molecule has 12 radical (unpaired) electrons. The minimum atomic E-state index is 0. The molecule has 0 bridgehead atoms. The van der Waals surface area contributed by atoms with Gasteiger partial charge in [-0.3, -0.25) is 0 Å². The first-order valence-electron chi connectivity index (χ1n) is 14.9. The zero-order chi connectivity index (χ0) is 37.2. The molecule has 4 aromatic rings. The maximum Gasteiger partial charge on any atom is 0 e. The Labute approximate surface area is 339 Å². The van der Waals surface area contributed by atoms with Crippen LogP contribution in [0.5, 0.6) is 0 Å². The molecule has 4 aromatic carbocycles. The maximum absolute atomic E-state index is 7.50. The molecule has 0 amide bonds. The molecule has 0 unspecified atom stereocenters. The Kier molecular flexibility index (Phi) is 37.1. The van der Waals surface area contributed by atoms with E-state index in [1.807, 2.05) is 101 Å². The summed E-state index contributed by atoms with van der Waals surface area (Å²) in [7, 11) is 0. The Morgan fingerprint density at radius 2 is 0.596 bits per heavy atom. The number of hydrogen-bond acceptors (Lipinski definition) is 0. The largest absolute Gasteiger partial charge is 0.0312 e. The van der Waals surface area contributed by atoms with Crippen LogP contribution in [0.2, 0.25) is 0 Å². The van der Waals surface area contributed by atoms with E-state index in [1.54, 1.807) is 0 Å². The van der Waals surface area contributed by atoms with Crippen LogP contribution < -0.4 is 0 Å². The molecule has 0 N–H and O–H groups in total. The summed E-state index contributed by atoms with van der Waals surface area (Å²) >= 11 is 0. The summed E-state index contributed by atoms with van der Waals surface area (Å²) in [4.78, 5) is 0. The van der Waals surface area contributed by atoms with Crippen molar-refractivity contribution in [3.63, 3.8) is 0 Å². The predicted octanol–water partition coefficient (Wildman–Crippen LogP) is 9.21. The minimum absolute atomic E-state index is 0. The molecule has 52 heavy (non-hydrogen) atoms. The fraction of sp³-hybridized carbons (Fsp3) is 0.0435. The predicted molar refractivity (Wildman–Crippen MR) is 195 cm³/mol. The summed E-state index contributed by atoms with van der Waals surface area (Å²) in [5.74, 6) is 13.6. The van der Waals surface area contributed by atoms with Crippen molar-refractivity contribution in [1.82, 2.24) is 0 Å². The molecular weight excluding hydrogens is 989 g/mol. The quantitative estimate of drug-likeness (QED) is 0.0832. The van der Waals surface area contributed by atoms with Crippen LogP contribution in [-0.4, -0.2) is 0 Å². The van der Waals surface area contributed by atoms with E-state index in [0.717, 1.165) is 33.4 Å². The number of benzene rings is 4. The van der Waals surface area contributed by atoms with Gasteiger partial charge in [-0.2, -0.15) is 0 Å². The summed E-state index contributed by atoms with van der Waals surface area (Å²) in [6.07, 6.45) is 20.0. The van der Waals surface area contributed by atoms with E-state index in [2.05, 4.69) is 137 Å². The standard InChI is InChI=1S/C32H24.2C5H5.4CO.2Re/c1-25-13-17-27(18-14-25)21-23-31(29-9-5-3-6-10-29)32(30-11-7-4-8-12-30)24-22-28-19-15-26(2)16-20-28;2*1-2-4-5-3-1;4*1-2;;/h3-20H,1-2H3;2*1-5H;;;;;;/b32-31+;;;;;;;;. The van der Waals surface area contributed by atoms with Gasteiger partial charge in [0.2, 0.25) is 0 Å². The van der Waals surface area contributed by atoms with Crippen LogP contribution in [0.3, 0.4) is 0 Å². The van der Waals surface area contributed by atoms with Crippen LogP contribution in [0, 0.1) is 128 Å². The van der Waals surface area contributed by atoms with Gasteiger partial charge in [-0.15, -0.1) is 0 Å². The molecule has 0 spiro atoms. The number of aryl methyl sites for hydroxylation is 2. The van der Waals surface area contributed by atoms with E-state index in [-0.39, 0.29) is 40.8 Å². The SMILES string of the molecule is Cc1ccc(C#C/C(=C(/C#Cc2ccc(C)cc2)c2ccccc2)c2ccccc2)cc1.[C-]#[O+].[C-]#[O+].[C-]#[O+].[C-]#[O+].[CH]1[CH][CH][CH][CH]1.[CH]1[CH][CH][CH][CH]1.[Re].[Re]. The van der Waals surface area contributed by atoms with Crippen molar-refractivity contribution in [2.24, 2.45) is 0 Å². The Morgan fingerprint density at radius 3 is 0.827 bits per heavy atom. The van der Waals surface area contributed by atoms with Crippen LogP contribution in [0.1, 0.15) is 33.4 Å². The topological polar surface area (TPSA) is 79.6 Å². The molecule has 4 nitrogen and oxygen atoms in total. The van der Waals surface area contributed by atoms with Gasteiger partial charge in [-0.25, -0.2) is 0 Å². The fourth-order valence-corrected chi connectivity index (χ4v) is 3.95. The molecule has 2 fully saturated rings. The average molecular weight is 1020 g/mol. The van der Waals surface area contributed by atoms with E-state index in [0.29, 0.717) is 0 Å². The van der Waals surface area contributed by atoms with Gasteiger partial charge >= 0.3 is 45.2 Å². The van der Waals surface area contributed by atoms with Crippen molar-refractivity contribution in [3.05, 3.63) is 233 Å². The molecule has 0 saturated heterocycles. The second-order valence-electron chi connectivity index (χ2n) is 9.64. The van der Waals surface area contributed by atoms with Gasteiger partial charge < -0.3 is 0 Å². The fourth-order valence-electron chi connectivity index (χ4n) is 3.95. The van der Waals surface area contributed by atoms with Crippen LogP contribution in [-0.2, 0) is 59.5 Å². The number of allylic oxidation sites excluding steroid dienone is 2. The minimum Gasteiger partial charge on any atom is -0.0312 e. The van der Waals surface area contributed by atoms with Gasteiger partial charge in [-0.05, 0) is 113 Å².